The number of hydrogen-bond donors (Lipinski definition) is 0. The SMILES string of the molecule is Cc1cccc(C)c1-n1c2ccccc2c2c3ccccc3n(-c3c(C)cc(-c4nc5ccccc5s4)cc3C)c21. The van der Waals surface area contributed by atoms with Crippen LogP contribution < -0.4 is 0 Å². The largest absolute Gasteiger partial charge is 0.294 e. The van der Waals surface area contributed by atoms with Gasteiger partial charge in [-0.05, 0) is 86.3 Å². The highest BCUT2D eigenvalue weighted by Crippen LogP contribution is 2.43. The van der Waals surface area contributed by atoms with E-state index >= 15 is 0 Å². The molecule has 3 nitrogen and oxygen atoms in total. The number of benzene rings is 5. The van der Waals surface area contributed by atoms with Gasteiger partial charge in [-0.25, -0.2) is 4.98 Å². The van der Waals surface area contributed by atoms with E-state index in [1.807, 2.05) is 0 Å². The molecule has 0 saturated carbocycles. The summed E-state index contributed by atoms with van der Waals surface area (Å²) < 4.78 is 6.22. The van der Waals surface area contributed by atoms with Crippen molar-refractivity contribution in [3.8, 4) is 21.9 Å². The highest BCUT2D eigenvalue weighted by molar-refractivity contribution is 7.21. The van der Waals surface area contributed by atoms with Crippen LogP contribution in [0.2, 0.25) is 0 Å². The lowest BCUT2D eigenvalue weighted by Gasteiger charge is -2.19. The topological polar surface area (TPSA) is 22.8 Å². The molecule has 0 spiro atoms. The summed E-state index contributed by atoms with van der Waals surface area (Å²) in [5, 5.41) is 4.92. The summed E-state index contributed by atoms with van der Waals surface area (Å²) in [6.45, 7) is 8.93. The molecule has 0 aliphatic rings. The highest BCUT2D eigenvalue weighted by Gasteiger charge is 2.24. The number of thiazole rings is 1. The number of para-hydroxylation sites is 4. The summed E-state index contributed by atoms with van der Waals surface area (Å²) in [5.41, 5.74) is 13.4. The van der Waals surface area contributed by atoms with Crippen molar-refractivity contribution < 1.29 is 0 Å². The standard InChI is InChI=1S/C37H29N3S/c1-22-12-11-13-23(2)34(22)39-30-17-8-5-14-27(30)33-28-15-6-9-18-31(28)40(37(33)39)35-24(3)20-26(21-25(35)4)36-38-29-16-7-10-19-32(29)41-36/h5-21H,1-4H3. The van der Waals surface area contributed by atoms with Gasteiger partial charge in [-0.3, -0.25) is 9.13 Å². The minimum Gasteiger partial charge on any atom is -0.294 e. The van der Waals surface area contributed by atoms with Crippen LogP contribution in [0.5, 0.6) is 0 Å². The summed E-state index contributed by atoms with van der Waals surface area (Å²) in [6.07, 6.45) is 0. The maximum atomic E-state index is 4.97. The highest BCUT2D eigenvalue weighted by atomic mass is 32.1. The zero-order valence-electron chi connectivity index (χ0n) is 23.6. The van der Waals surface area contributed by atoms with Crippen molar-refractivity contribution in [3.63, 3.8) is 0 Å². The zero-order chi connectivity index (χ0) is 27.8. The summed E-state index contributed by atoms with van der Waals surface area (Å²) >= 11 is 1.76. The van der Waals surface area contributed by atoms with Crippen LogP contribution in [0.1, 0.15) is 22.3 Å². The molecule has 0 saturated heterocycles. The molecule has 0 aliphatic heterocycles. The number of aryl methyl sites for hydroxylation is 4. The zero-order valence-corrected chi connectivity index (χ0v) is 24.4. The summed E-state index contributed by atoms with van der Waals surface area (Å²) in [6, 6.07) is 37.3. The average molecular weight is 548 g/mol. The number of fused-ring (bicyclic) bond motifs is 6. The van der Waals surface area contributed by atoms with E-state index in [1.54, 1.807) is 11.3 Å². The predicted molar refractivity (Wildman–Crippen MR) is 175 cm³/mol. The van der Waals surface area contributed by atoms with Crippen LogP contribution in [-0.2, 0) is 0 Å². The van der Waals surface area contributed by atoms with Gasteiger partial charge < -0.3 is 0 Å². The van der Waals surface area contributed by atoms with Gasteiger partial charge in [-0.2, -0.15) is 0 Å². The van der Waals surface area contributed by atoms with Crippen molar-refractivity contribution in [3.05, 3.63) is 125 Å². The quantitative estimate of drug-likeness (QED) is 0.216. The Labute approximate surface area is 242 Å². The van der Waals surface area contributed by atoms with Crippen LogP contribution in [0, 0.1) is 27.7 Å². The van der Waals surface area contributed by atoms with Crippen molar-refractivity contribution in [2.24, 2.45) is 0 Å². The third-order valence-corrected chi connectivity index (χ3v) is 9.48. The molecule has 0 unspecified atom stereocenters. The first-order valence-electron chi connectivity index (χ1n) is 14.1. The summed E-state index contributed by atoms with van der Waals surface area (Å²) in [7, 11) is 0. The first kappa shape index (κ1) is 24.2. The molecule has 0 N–H and O–H groups in total. The normalized spacial score (nSPS) is 11.9. The molecule has 0 amide bonds. The molecule has 4 heteroatoms. The molecule has 5 aromatic carbocycles. The monoisotopic (exact) mass is 547 g/mol. The second kappa shape index (κ2) is 8.92. The lowest BCUT2D eigenvalue weighted by atomic mass is 10.0. The Morgan fingerprint density at radius 1 is 0.561 bits per heavy atom. The number of rotatable bonds is 3. The predicted octanol–water partition coefficient (Wildman–Crippen LogP) is 10.2. The smallest absolute Gasteiger partial charge is 0.131 e. The molecule has 198 valence electrons. The number of aromatic nitrogens is 3. The van der Waals surface area contributed by atoms with Crippen LogP contribution in [0.15, 0.2) is 103 Å². The lowest BCUT2D eigenvalue weighted by molar-refractivity contribution is 1.03. The Balaban J connectivity index is 1.50. The molecule has 0 bridgehead atoms. The van der Waals surface area contributed by atoms with Crippen molar-refractivity contribution in [1.29, 1.82) is 0 Å². The van der Waals surface area contributed by atoms with Crippen LogP contribution in [0.4, 0.5) is 0 Å². The maximum Gasteiger partial charge on any atom is 0.131 e. The van der Waals surface area contributed by atoms with Crippen LogP contribution >= 0.6 is 11.3 Å². The van der Waals surface area contributed by atoms with Crippen LogP contribution in [0.25, 0.3) is 65.0 Å². The molecule has 0 aliphatic carbocycles. The number of hydrogen-bond acceptors (Lipinski definition) is 2. The first-order chi connectivity index (χ1) is 20.0. The Hall–Kier alpha value is -4.67. The van der Waals surface area contributed by atoms with Gasteiger partial charge in [0.25, 0.3) is 0 Å². The minimum absolute atomic E-state index is 1.06. The van der Waals surface area contributed by atoms with Gasteiger partial charge >= 0.3 is 0 Å². The molecule has 3 aromatic heterocycles. The van der Waals surface area contributed by atoms with E-state index in [9.17, 15) is 0 Å². The fourth-order valence-corrected chi connectivity index (χ4v) is 7.69. The third-order valence-electron chi connectivity index (χ3n) is 8.39. The van der Waals surface area contributed by atoms with Crippen molar-refractivity contribution >= 4 is 54.4 Å². The lowest BCUT2D eigenvalue weighted by Crippen LogP contribution is -2.07. The fraction of sp³-hybridized carbons (Fsp3) is 0.108. The molecule has 0 atom stereocenters. The Morgan fingerprint density at radius 3 is 1.71 bits per heavy atom. The van der Waals surface area contributed by atoms with Gasteiger partial charge in [0.1, 0.15) is 10.7 Å². The van der Waals surface area contributed by atoms with Crippen molar-refractivity contribution in [2.75, 3.05) is 0 Å². The average Bonchev–Trinajstić information content (AvgIpc) is 3.64. The Bertz CT molecular complexity index is 2230. The number of nitrogens with zero attached hydrogens (tertiary/aromatic N) is 3. The van der Waals surface area contributed by atoms with E-state index < -0.39 is 0 Å². The van der Waals surface area contributed by atoms with Crippen molar-refractivity contribution in [1.82, 2.24) is 14.1 Å². The fourth-order valence-electron chi connectivity index (χ4n) is 6.74. The second-order valence-corrected chi connectivity index (χ2v) is 12.1. The van der Waals surface area contributed by atoms with Crippen LogP contribution in [-0.4, -0.2) is 14.1 Å². The molecular formula is C37H29N3S. The van der Waals surface area contributed by atoms with Gasteiger partial charge in [-0.15, -0.1) is 11.3 Å². The van der Waals surface area contributed by atoms with Gasteiger partial charge in [0.15, 0.2) is 0 Å². The molecule has 0 fully saturated rings. The van der Waals surface area contributed by atoms with E-state index in [0.29, 0.717) is 0 Å². The first-order valence-corrected chi connectivity index (χ1v) is 14.9. The molecule has 8 rings (SSSR count). The molecule has 8 aromatic rings. The summed E-state index contributed by atoms with van der Waals surface area (Å²) in [4.78, 5) is 4.97. The van der Waals surface area contributed by atoms with E-state index in [-0.39, 0.29) is 0 Å². The van der Waals surface area contributed by atoms with E-state index in [2.05, 4.69) is 140 Å². The third kappa shape index (κ3) is 3.47. The Morgan fingerprint density at radius 2 is 1.10 bits per heavy atom. The van der Waals surface area contributed by atoms with Crippen LogP contribution in [0.3, 0.4) is 0 Å². The van der Waals surface area contributed by atoms with Gasteiger partial charge in [0, 0.05) is 21.7 Å². The second-order valence-electron chi connectivity index (χ2n) is 11.1. The molecule has 3 heterocycles. The van der Waals surface area contributed by atoms with Gasteiger partial charge in [0.05, 0.1) is 32.6 Å². The van der Waals surface area contributed by atoms with Gasteiger partial charge in [-0.1, -0.05) is 66.7 Å². The molecule has 41 heavy (non-hydrogen) atoms. The minimum atomic E-state index is 1.06. The maximum absolute atomic E-state index is 4.97. The summed E-state index contributed by atoms with van der Waals surface area (Å²) in [5.74, 6) is 0. The van der Waals surface area contributed by atoms with Crippen molar-refractivity contribution in [2.45, 2.75) is 27.7 Å². The Kier molecular flexibility index (Phi) is 5.25. The molecule has 0 radical (unpaired) electrons. The van der Waals surface area contributed by atoms with E-state index in [0.717, 1.165) is 10.5 Å². The van der Waals surface area contributed by atoms with Gasteiger partial charge in [0.2, 0.25) is 0 Å². The van der Waals surface area contributed by atoms with E-state index in [4.69, 9.17) is 4.98 Å². The van der Waals surface area contributed by atoms with E-state index in [1.165, 1.54) is 76.7 Å². The molecular weight excluding hydrogens is 518 g/mol.